The minimum atomic E-state index is -0.943. The molecule has 3 aromatic rings. The Hall–Kier alpha value is -3.03. The van der Waals surface area contributed by atoms with Gasteiger partial charge in [0.05, 0.1) is 31.0 Å². The van der Waals surface area contributed by atoms with E-state index in [4.69, 9.17) is 13.9 Å². The lowest BCUT2D eigenvalue weighted by Crippen LogP contribution is -2.34. The van der Waals surface area contributed by atoms with E-state index >= 15 is 0 Å². The Morgan fingerprint density at radius 2 is 1.78 bits per heavy atom. The van der Waals surface area contributed by atoms with Crippen molar-refractivity contribution < 1.29 is 28.2 Å². The van der Waals surface area contributed by atoms with Crippen molar-refractivity contribution in [1.29, 1.82) is 0 Å². The Morgan fingerprint density at radius 1 is 1.09 bits per heavy atom. The topological polar surface area (TPSA) is 81.8 Å². The number of hydrogen-bond donors (Lipinski definition) is 1. The number of ether oxygens (including phenoxy) is 2. The quantitative estimate of drug-likeness (QED) is 0.497. The van der Waals surface area contributed by atoms with E-state index in [-0.39, 0.29) is 31.2 Å². The maximum atomic E-state index is 13.1. The lowest BCUT2D eigenvalue weighted by molar-refractivity contribution is -0.104. The van der Waals surface area contributed by atoms with Crippen LogP contribution in [0.15, 0.2) is 53.1 Å². The van der Waals surface area contributed by atoms with Crippen molar-refractivity contribution in [3.05, 3.63) is 76.9 Å². The lowest BCUT2D eigenvalue weighted by Gasteiger charge is -2.31. The number of aromatic carboxylic acids is 1. The van der Waals surface area contributed by atoms with Crippen LogP contribution in [0.5, 0.6) is 0 Å². The van der Waals surface area contributed by atoms with Gasteiger partial charge in [0, 0.05) is 5.56 Å². The zero-order valence-electron chi connectivity index (χ0n) is 17.9. The highest BCUT2D eigenvalue weighted by atomic mass is 19.1. The summed E-state index contributed by atoms with van der Waals surface area (Å²) in [6.45, 7) is 2.30. The van der Waals surface area contributed by atoms with Crippen LogP contribution >= 0.6 is 0 Å². The van der Waals surface area contributed by atoms with Crippen molar-refractivity contribution in [2.45, 2.75) is 58.0 Å². The van der Waals surface area contributed by atoms with Crippen LogP contribution < -0.4 is 0 Å². The molecule has 1 fully saturated rings. The molecule has 168 valence electrons. The van der Waals surface area contributed by atoms with Gasteiger partial charge < -0.3 is 19.0 Å². The number of aryl methyl sites for hydroxylation is 1. The lowest BCUT2D eigenvalue weighted by atomic mass is 9.94. The summed E-state index contributed by atoms with van der Waals surface area (Å²) in [5.74, 6) is -0.838. The standard InChI is InChI=1S/C25H26FNO5/c1-16-5-4-6-18(23(16)25(28)29)13-30-21-7-2-3-8-22(21)31-14-20-15-32-24(27-20)17-9-11-19(26)12-10-17/h4-6,9-12,15,21-22H,2-3,7-8,13-14H2,1H3,(H,28,29)/t21-,22-/m0/s1. The highest BCUT2D eigenvalue weighted by Gasteiger charge is 2.27. The van der Waals surface area contributed by atoms with E-state index in [1.807, 2.05) is 6.07 Å². The van der Waals surface area contributed by atoms with Crippen molar-refractivity contribution >= 4 is 5.97 Å². The van der Waals surface area contributed by atoms with Crippen molar-refractivity contribution in [2.75, 3.05) is 0 Å². The zero-order valence-corrected chi connectivity index (χ0v) is 17.9. The third-order valence-electron chi connectivity index (χ3n) is 5.76. The molecule has 2 atom stereocenters. The highest BCUT2D eigenvalue weighted by Crippen LogP contribution is 2.27. The first-order valence-electron chi connectivity index (χ1n) is 10.8. The molecule has 1 heterocycles. The van der Waals surface area contributed by atoms with Crippen LogP contribution in [0.1, 0.15) is 52.9 Å². The van der Waals surface area contributed by atoms with Crippen LogP contribution in [0, 0.1) is 12.7 Å². The normalized spacial score (nSPS) is 18.6. The van der Waals surface area contributed by atoms with Gasteiger partial charge in [0.1, 0.15) is 17.8 Å². The molecule has 32 heavy (non-hydrogen) atoms. The Morgan fingerprint density at radius 3 is 2.47 bits per heavy atom. The van der Waals surface area contributed by atoms with Crippen LogP contribution in [0.25, 0.3) is 11.5 Å². The summed E-state index contributed by atoms with van der Waals surface area (Å²) in [5, 5.41) is 9.53. The van der Waals surface area contributed by atoms with E-state index in [9.17, 15) is 14.3 Å². The molecular formula is C25H26FNO5. The Kier molecular flexibility index (Phi) is 6.97. The van der Waals surface area contributed by atoms with E-state index in [0.717, 1.165) is 31.2 Å². The Bertz CT molecular complexity index is 1060. The fraction of sp³-hybridized carbons (Fsp3) is 0.360. The van der Waals surface area contributed by atoms with Crippen LogP contribution in [0.3, 0.4) is 0 Å². The number of carbonyl (C=O) groups is 1. The molecule has 7 heteroatoms. The van der Waals surface area contributed by atoms with Gasteiger partial charge in [-0.1, -0.05) is 31.0 Å². The second-order valence-corrected chi connectivity index (χ2v) is 8.05. The number of halogens is 1. The van der Waals surface area contributed by atoms with Gasteiger partial charge in [-0.25, -0.2) is 14.2 Å². The summed E-state index contributed by atoms with van der Waals surface area (Å²) in [7, 11) is 0. The molecule has 1 aromatic heterocycles. The smallest absolute Gasteiger partial charge is 0.336 e. The Balaban J connectivity index is 1.37. The molecule has 1 N–H and O–H groups in total. The van der Waals surface area contributed by atoms with Crippen molar-refractivity contribution in [3.8, 4) is 11.5 Å². The maximum absolute atomic E-state index is 13.1. The first-order valence-corrected chi connectivity index (χ1v) is 10.8. The third kappa shape index (κ3) is 5.23. The van der Waals surface area contributed by atoms with E-state index in [2.05, 4.69) is 4.98 Å². The molecule has 0 spiro atoms. The number of aromatic nitrogens is 1. The van der Waals surface area contributed by atoms with Gasteiger partial charge in [-0.05, 0) is 55.2 Å². The number of carboxylic acid groups (broad SMARTS) is 1. The summed E-state index contributed by atoms with van der Waals surface area (Å²) in [5.41, 5.74) is 3.04. The highest BCUT2D eigenvalue weighted by molar-refractivity contribution is 5.91. The van der Waals surface area contributed by atoms with Crippen LogP contribution in [-0.2, 0) is 22.7 Å². The fourth-order valence-corrected chi connectivity index (χ4v) is 4.09. The average Bonchev–Trinajstić information content (AvgIpc) is 3.26. The maximum Gasteiger partial charge on any atom is 0.336 e. The molecule has 1 saturated carbocycles. The van der Waals surface area contributed by atoms with Gasteiger partial charge in [0.15, 0.2) is 0 Å². The third-order valence-corrected chi connectivity index (χ3v) is 5.76. The molecule has 0 aliphatic heterocycles. The molecule has 0 unspecified atom stereocenters. The van der Waals surface area contributed by atoms with E-state index in [0.29, 0.717) is 28.3 Å². The minimum absolute atomic E-state index is 0.104. The molecule has 0 radical (unpaired) electrons. The number of carboxylic acids is 1. The van der Waals surface area contributed by atoms with E-state index in [1.54, 1.807) is 37.5 Å². The Labute approximate surface area is 186 Å². The van der Waals surface area contributed by atoms with Crippen LogP contribution in [0.4, 0.5) is 4.39 Å². The predicted octanol–water partition coefficient (Wildman–Crippen LogP) is 5.53. The molecule has 2 aromatic carbocycles. The van der Waals surface area contributed by atoms with Crippen LogP contribution in [0.2, 0.25) is 0 Å². The number of oxazole rings is 1. The number of hydrogen-bond acceptors (Lipinski definition) is 5. The molecule has 1 aliphatic carbocycles. The van der Waals surface area contributed by atoms with E-state index in [1.165, 1.54) is 12.1 Å². The summed E-state index contributed by atoms with van der Waals surface area (Å²) in [6, 6.07) is 11.4. The molecule has 0 saturated heterocycles. The second kappa shape index (κ2) is 10.1. The van der Waals surface area contributed by atoms with Crippen LogP contribution in [-0.4, -0.2) is 28.3 Å². The van der Waals surface area contributed by atoms with Gasteiger partial charge in [-0.15, -0.1) is 0 Å². The van der Waals surface area contributed by atoms with Gasteiger partial charge in [-0.2, -0.15) is 0 Å². The number of benzene rings is 2. The summed E-state index contributed by atoms with van der Waals surface area (Å²) in [4.78, 5) is 16.1. The molecule has 1 aliphatic rings. The molecular weight excluding hydrogens is 413 g/mol. The van der Waals surface area contributed by atoms with Crippen molar-refractivity contribution in [3.63, 3.8) is 0 Å². The first kappa shape index (κ1) is 22.2. The number of nitrogens with zero attached hydrogens (tertiary/aromatic N) is 1. The van der Waals surface area contributed by atoms with Crippen molar-refractivity contribution in [2.24, 2.45) is 0 Å². The number of rotatable bonds is 8. The van der Waals surface area contributed by atoms with Crippen molar-refractivity contribution in [1.82, 2.24) is 4.98 Å². The summed E-state index contributed by atoms with van der Waals surface area (Å²) in [6.07, 6.45) is 5.15. The molecule has 4 rings (SSSR count). The second-order valence-electron chi connectivity index (χ2n) is 8.05. The largest absolute Gasteiger partial charge is 0.478 e. The predicted molar refractivity (Wildman–Crippen MR) is 116 cm³/mol. The van der Waals surface area contributed by atoms with Gasteiger partial charge in [0.2, 0.25) is 5.89 Å². The fourth-order valence-electron chi connectivity index (χ4n) is 4.09. The first-order chi connectivity index (χ1) is 15.5. The average molecular weight is 439 g/mol. The van der Waals surface area contributed by atoms with E-state index < -0.39 is 5.97 Å². The monoisotopic (exact) mass is 439 g/mol. The van der Waals surface area contributed by atoms with Gasteiger partial charge in [-0.3, -0.25) is 0 Å². The SMILES string of the molecule is Cc1cccc(CO[C@H]2CCCC[C@@H]2OCc2coc(-c3ccc(F)cc3)n2)c1C(=O)O. The zero-order chi connectivity index (χ0) is 22.5. The summed E-state index contributed by atoms with van der Waals surface area (Å²) >= 11 is 0. The molecule has 0 amide bonds. The minimum Gasteiger partial charge on any atom is -0.478 e. The molecule has 0 bridgehead atoms. The molecule has 6 nitrogen and oxygen atoms in total. The van der Waals surface area contributed by atoms with Gasteiger partial charge >= 0.3 is 5.97 Å². The van der Waals surface area contributed by atoms with Gasteiger partial charge in [0.25, 0.3) is 0 Å². The summed E-state index contributed by atoms with van der Waals surface area (Å²) < 4.78 is 30.9.